The number of fused-ring (bicyclic) bond motifs is 5. The maximum absolute atomic E-state index is 11.9. The van der Waals surface area contributed by atoms with E-state index in [1.54, 1.807) is 12.3 Å². The van der Waals surface area contributed by atoms with Crippen LogP contribution < -0.4 is 0 Å². The summed E-state index contributed by atoms with van der Waals surface area (Å²) in [4.78, 5) is 15.1. The van der Waals surface area contributed by atoms with Crippen LogP contribution in [0.2, 0.25) is 0 Å². The molecule has 4 fully saturated rings. The van der Waals surface area contributed by atoms with Crippen LogP contribution in [-0.4, -0.2) is 38.5 Å². The molecule has 3 N–H and O–H groups in total. The number of allylic oxidation sites excluding steroid dienone is 1. The van der Waals surface area contributed by atoms with E-state index < -0.39 is 5.97 Å². The molecule has 3 unspecified atom stereocenters. The summed E-state index contributed by atoms with van der Waals surface area (Å²) in [6, 6.07) is 3.38. The molecule has 0 amide bonds. The third kappa shape index (κ3) is 4.48. The lowest BCUT2D eigenvalue weighted by Gasteiger charge is -2.64. The Balaban J connectivity index is 1.31. The Bertz CT molecular complexity index is 1010. The number of nitrogens with zero attached hydrogens (tertiary/aromatic N) is 1. The quantitative estimate of drug-likeness (QED) is 0.410. The predicted molar refractivity (Wildman–Crippen MR) is 146 cm³/mol. The second-order valence-electron chi connectivity index (χ2n) is 13.5. The Kier molecular flexibility index (Phi) is 7.34. The minimum Gasteiger partial charge on any atom is -0.477 e. The number of pyridine rings is 1. The van der Waals surface area contributed by atoms with E-state index in [1.165, 1.54) is 25.7 Å². The molecule has 5 nitrogen and oxygen atoms in total. The summed E-state index contributed by atoms with van der Waals surface area (Å²) in [7, 11) is 0. The number of carbonyl (C=O) groups is 1. The van der Waals surface area contributed by atoms with Gasteiger partial charge in [0.05, 0.1) is 12.2 Å². The minimum atomic E-state index is -0.998. The second kappa shape index (κ2) is 10.1. The summed E-state index contributed by atoms with van der Waals surface area (Å²) >= 11 is 0. The summed E-state index contributed by atoms with van der Waals surface area (Å²) in [5.41, 5.74) is 1.53. The third-order valence-corrected chi connectivity index (χ3v) is 12.0. The summed E-state index contributed by atoms with van der Waals surface area (Å²) in [6.07, 6.45) is 15.4. The van der Waals surface area contributed by atoms with Crippen LogP contribution >= 0.6 is 0 Å². The average molecular weight is 510 g/mol. The number of carboxylic acid groups (broad SMARTS) is 1. The zero-order valence-corrected chi connectivity index (χ0v) is 23.1. The van der Waals surface area contributed by atoms with Gasteiger partial charge in [-0.3, -0.25) is 0 Å². The van der Waals surface area contributed by atoms with Crippen molar-refractivity contribution in [1.82, 2.24) is 4.98 Å². The fraction of sp³-hybridized carbons (Fsp3) is 0.750. The molecule has 1 aromatic rings. The van der Waals surface area contributed by atoms with Crippen molar-refractivity contribution in [2.75, 3.05) is 0 Å². The lowest BCUT2D eigenvalue weighted by Crippen LogP contribution is -2.62. The summed E-state index contributed by atoms with van der Waals surface area (Å²) < 4.78 is 0. The number of aromatic nitrogens is 1. The van der Waals surface area contributed by atoms with E-state index in [0.717, 1.165) is 37.7 Å². The topological polar surface area (TPSA) is 90.7 Å². The molecule has 4 aliphatic carbocycles. The molecule has 0 saturated heterocycles. The Labute approximate surface area is 222 Å². The van der Waals surface area contributed by atoms with Crippen molar-refractivity contribution in [2.45, 2.75) is 97.7 Å². The first-order valence-corrected chi connectivity index (χ1v) is 14.8. The van der Waals surface area contributed by atoms with Crippen LogP contribution in [0, 0.1) is 52.3 Å². The standard InChI is InChI=1S/C32H47NO4/c1-5-22-26-17-21(34)13-15-32(26,4)25-14-16-31(3)23(10-11-24(31)28(25)29(22)35)19(2)7-6-8-20-9-12-27(30(36)37)33-18-20/h6,8-9,12,18-19,21-26,28-29,34-35H,5,7,10-11,13-17H2,1-4H3,(H,36,37)/b8-6+/t19-,21-,22-,23-,24?,25?,26+,28?,29-,31-,32-/m1/s1. The van der Waals surface area contributed by atoms with E-state index in [1.807, 2.05) is 6.07 Å². The molecule has 5 rings (SSSR count). The Morgan fingerprint density at radius 1 is 1.08 bits per heavy atom. The summed E-state index contributed by atoms with van der Waals surface area (Å²) in [5.74, 6) is 2.53. The van der Waals surface area contributed by atoms with Crippen LogP contribution in [0.3, 0.4) is 0 Å². The van der Waals surface area contributed by atoms with Gasteiger partial charge in [-0.2, -0.15) is 0 Å². The molecule has 4 saturated carbocycles. The zero-order valence-electron chi connectivity index (χ0n) is 23.1. The lowest BCUT2D eigenvalue weighted by molar-refractivity contribution is -0.203. The Morgan fingerprint density at radius 2 is 1.81 bits per heavy atom. The maximum Gasteiger partial charge on any atom is 0.354 e. The highest BCUT2D eigenvalue weighted by atomic mass is 16.4. The van der Waals surface area contributed by atoms with Gasteiger partial charge < -0.3 is 15.3 Å². The molecule has 1 aromatic heterocycles. The number of rotatable bonds is 6. The number of aliphatic hydroxyl groups excluding tert-OH is 2. The van der Waals surface area contributed by atoms with Crippen LogP contribution in [-0.2, 0) is 0 Å². The van der Waals surface area contributed by atoms with Gasteiger partial charge in [0.15, 0.2) is 0 Å². The van der Waals surface area contributed by atoms with E-state index in [-0.39, 0.29) is 28.7 Å². The van der Waals surface area contributed by atoms with Crippen molar-refractivity contribution in [1.29, 1.82) is 0 Å². The first kappa shape index (κ1) is 26.9. The molecule has 4 aliphatic rings. The van der Waals surface area contributed by atoms with Gasteiger partial charge in [-0.15, -0.1) is 0 Å². The zero-order chi connectivity index (χ0) is 26.5. The highest BCUT2D eigenvalue weighted by molar-refractivity contribution is 5.85. The van der Waals surface area contributed by atoms with Gasteiger partial charge in [-0.1, -0.05) is 52.3 Å². The van der Waals surface area contributed by atoms with Crippen molar-refractivity contribution < 1.29 is 20.1 Å². The SMILES string of the molecule is CC[C@H]1[C@@H](O)C2C3CC[C@H]([C@H](C)C/C=C/c4ccc(C(=O)O)nc4)[C@@]3(C)CCC2[C@@]2(C)CC[C@@H](O)C[C@@H]12. The van der Waals surface area contributed by atoms with Gasteiger partial charge in [-0.05, 0) is 115 Å². The Hall–Kier alpha value is -1.72. The molecule has 0 bridgehead atoms. The molecule has 204 valence electrons. The molecule has 37 heavy (non-hydrogen) atoms. The van der Waals surface area contributed by atoms with E-state index in [9.17, 15) is 15.0 Å². The molecular formula is C32H47NO4. The van der Waals surface area contributed by atoms with Crippen LogP contribution in [0.1, 0.15) is 102 Å². The third-order valence-electron chi connectivity index (χ3n) is 12.0. The highest BCUT2D eigenvalue weighted by Crippen LogP contribution is 2.69. The lowest BCUT2D eigenvalue weighted by atomic mass is 9.41. The number of hydrogen-bond donors (Lipinski definition) is 3. The van der Waals surface area contributed by atoms with Crippen LogP contribution in [0.15, 0.2) is 24.4 Å². The number of carboxylic acids is 1. The molecular weight excluding hydrogens is 462 g/mol. The fourth-order valence-corrected chi connectivity index (χ4v) is 10.1. The smallest absolute Gasteiger partial charge is 0.354 e. The van der Waals surface area contributed by atoms with Gasteiger partial charge in [0.1, 0.15) is 5.69 Å². The Morgan fingerprint density at radius 3 is 2.49 bits per heavy atom. The minimum absolute atomic E-state index is 0.0749. The second-order valence-corrected chi connectivity index (χ2v) is 13.5. The number of aliphatic hydroxyl groups is 2. The van der Waals surface area contributed by atoms with Crippen molar-refractivity contribution >= 4 is 12.0 Å². The van der Waals surface area contributed by atoms with E-state index in [2.05, 4.69) is 44.8 Å². The van der Waals surface area contributed by atoms with Crippen molar-refractivity contribution in [2.24, 2.45) is 52.3 Å². The molecule has 1 heterocycles. The van der Waals surface area contributed by atoms with E-state index in [4.69, 9.17) is 5.11 Å². The highest BCUT2D eigenvalue weighted by Gasteiger charge is 2.64. The van der Waals surface area contributed by atoms with Gasteiger partial charge in [-0.25, -0.2) is 9.78 Å². The number of hydrogen-bond acceptors (Lipinski definition) is 4. The van der Waals surface area contributed by atoms with Crippen LogP contribution in [0.5, 0.6) is 0 Å². The van der Waals surface area contributed by atoms with Gasteiger partial charge in [0.25, 0.3) is 0 Å². The summed E-state index contributed by atoms with van der Waals surface area (Å²) in [6.45, 7) is 9.68. The fourth-order valence-electron chi connectivity index (χ4n) is 10.1. The maximum atomic E-state index is 11.9. The first-order chi connectivity index (χ1) is 17.6. The van der Waals surface area contributed by atoms with Gasteiger partial charge in [0, 0.05) is 6.20 Å². The molecule has 0 spiro atoms. The van der Waals surface area contributed by atoms with Crippen molar-refractivity contribution in [3.05, 3.63) is 35.7 Å². The molecule has 0 aliphatic heterocycles. The van der Waals surface area contributed by atoms with Crippen LogP contribution in [0.25, 0.3) is 6.08 Å². The molecule has 0 radical (unpaired) electrons. The van der Waals surface area contributed by atoms with Crippen molar-refractivity contribution in [3.8, 4) is 0 Å². The average Bonchev–Trinajstić information content (AvgIpc) is 3.23. The first-order valence-electron chi connectivity index (χ1n) is 14.8. The number of aromatic carboxylic acids is 1. The van der Waals surface area contributed by atoms with E-state index in [0.29, 0.717) is 41.4 Å². The molecule has 11 atom stereocenters. The van der Waals surface area contributed by atoms with Crippen molar-refractivity contribution in [3.63, 3.8) is 0 Å². The monoisotopic (exact) mass is 509 g/mol. The van der Waals surface area contributed by atoms with Gasteiger partial charge in [0.2, 0.25) is 0 Å². The summed E-state index contributed by atoms with van der Waals surface area (Å²) in [5, 5.41) is 31.4. The normalized spacial score (nSPS) is 44.2. The molecule has 0 aromatic carbocycles. The molecule has 5 heteroatoms. The van der Waals surface area contributed by atoms with Crippen LogP contribution in [0.4, 0.5) is 0 Å². The van der Waals surface area contributed by atoms with Gasteiger partial charge >= 0.3 is 5.97 Å². The predicted octanol–water partition coefficient (Wildman–Crippen LogP) is 6.45. The largest absolute Gasteiger partial charge is 0.477 e. The van der Waals surface area contributed by atoms with E-state index >= 15 is 0 Å².